The molecule has 2 N–H and O–H groups in total. The molecule has 1 atom stereocenters. The Morgan fingerprint density at radius 1 is 1.19 bits per heavy atom. The monoisotopic (exact) mass is 402 g/mol. The molecule has 1 amide bonds. The van der Waals surface area contributed by atoms with E-state index < -0.39 is 28.0 Å². The maximum Gasteiger partial charge on any atom is 0.326 e. The molecule has 0 saturated carbocycles. The molecule has 0 aliphatic carbocycles. The predicted octanol–water partition coefficient (Wildman–Crippen LogP) is 1.97. The van der Waals surface area contributed by atoms with Gasteiger partial charge in [-0.1, -0.05) is 25.4 Å². The van der Waals surface area contributed by atoms with Crippen LogP contribution in [-0.4, -0.2) is 48.8 Å². The van der Waals surface area contributed by atoms with Crippen molar-refractivity contribution >= 4 is 33.5 Å². The van der Waals surface area contributed by atoms with Gasteiger partial charge in [-0.25, -0.2) is 13.2 Å². The van der Waals surface area contributed by atoms with Gasteiger partial charge in [0.2, 0.25) is 15.9 Å². The molecule has 9 heteroatoms. The van der Waals surface area contributed by atoms with Crippen LogP contribution in [0.25, 0.3) is 0 Å². The predicted molar refractivity (Wildman–Crippen MR) is 97.3 cm³/mol. The lowest BCUT2D eigenvalue weighted by Gasteiger charge is -2.31. The van der Waals surface area contributed by atoms with E-state index in [1.54, 1.807) is 13.8 Å². The van der Waals surface area contributed by atoms with Gasteiger partial charge in [0.05, 0.1) is 4.90 Å². The van der Waals surface area contributed by atoms with Gasteiger partial charge in [-0.3, -0.25) is 4.79 Å². The van der Waals surface area contributed by atoms with Crippen LogP contribution >= 0.6 is 11.6 Å². The molecule has 26 heavy (non-hydrogen) atoms. The first-order valence-corrected chi connectivity index (χ1v) is 10.2. The number of aliphatic carboxylic acids is 1. The average Bonchev–Trinajstić information content (AvgIpc) is 2.59. The Bertz CT molecular complexity index is 756. The first-order chi connectivity index (χ1) is 12.1. The van der Waals surface area contributed by atoms with Gasteiger partial charge < -0.3 is 10.4 Å². The number of hydrogen-bond acceptors (Lipinski definition) is 4. The van der Waals surface area contributed by atoms with E-state index in [9.17, 15) is 23.1 Å². The van der Waals surface area contributed by atoms with Crippen molar-refractivity contribution in [3.8, 4) is 0 Å². The van der Waals surface area contributed by atoms with E-state index in [4.69, 9.17) is 11.6 Å². The van der Waals surface area contributed by atoms with Crippen LogP contribution in [0.3, 0.4) is 0 Å². The Balaban J connectivity index is 1.99. The van der Waals surface area contributed by atoms with E-state index in [0.717, 1.165) is 0 Å². The van der Waals surface area contributed by atoms with Gasteiger partial charge in [0.25, 0.3) is 0 Å². The van der Waals surface area contributed by atoms with Gasteiger partial charge in [0.1, 0.15) is 6.04 Å². The lowest BCUT2D eigenvalue weighted by atomic mass is 9.95. The van der Waals surface area contributed by atoms with E-state index in [0.29, 0.717) is 17.9 Å². The highest BCUT2D eigenvalue weighted by molar-refractivity contribution is 7.89. The quantitative estimate of drug-likeness (QED) is 0.757. The number of halogens is 1. The summed E-state index contributed by atoms with van der Waals surface area (Å²) in [5.74, 6) is -2.04. The second-order valence-corrected chi connectivity index (χ2v) is 9.08. The van der Waals surface area contributed by atoms with Crippen molar-refractivity contribution in [2.45, 2.75) is 37.6 Å². The number of hydrogen-bond donors (Lipinski definition) is 2. The molecule has 2 rings (SSSR count). The molecule has 0 unspecified atom stereocenters. The average molecular weight is 403 g/mol. The summed E-state index contributed by atoms with van der Waals surface area (Å²) < 4.78 is 26.6. The smallest absolute Gasteiger partial charge is 0.326 e. The van der Waals surface area contributed by atoms with Crippen molar-refractivity contribution < 1.29 is 23.1 Å². The topological polar surface area (TPSA) is 104 Å². The van der Waals surface area contributed by atoms with E-state index in [1.807, 2.05) is 0 Å². The van der Waals surface area contributed by atoms with Gasteiger partial charge in [-0.15, -0.1) is 0 Å². The summed E-state index contributed by atoms with van der Waals surface area (Å²) in [5.41, 5.74) is 0. The minimum atomic E-state index is -3.63. The molecule has 0 radical (unpaired) electrons. The molecule has 7 nitrogen and oxygen atoms in total. The number of piperidine rings is 1. The third-order valence-corrected chi connectivity index (χ3v) is 6.67. The highest BCUT2D eigenvalue weighted by Gasteiger charge is 2.34. The Morgan fingerprint density at radius 2 is 1.73 bits per heavy atom. The molecular weight excluding hydrogens is 380 g/mol. The molecule has 0 aromatic heterocycles. The van der Waals surface area contributed by atoms with E-state index in [2.05, 4.69) is 5.32 Å². The van der Waals surface area contributed by atoms with E-state index >= 15 is 0 Å². The zero-order chi connectivity index (χ0) is 19.5. The van der Waals surface area contributed by atoms with Crippen LogP contribution in [-0.2, 0) is 19.6 Å². The van der Waals surface area contributed by atoms with Crippen molar-refractivity contribution in [1.29, 1.82) is 0 Å². The lowest BCUT2D eigenvalue weighted by molar-refractivity contribution is -0.144. The minimum absolute atomic E-state index is 0.163. The van der Waals surface area contributed by atoms with Crippen molar-refractivity contribution in [3.05, 3.63) is 29.3 Å². The van der Waals surface area contributed by atoms with Crippen LogP contribution in [0, 0.1) is 11.8 Å². The Morgan fingerprint density at radius 3 is 2.19 bits per heavy atom. The number of sulfonamides is 1. The molecule has 1 aromatic rings. The fraction of sp³-hybridized carbons (Fsp3) is 0.529. The largest absolute Gasteiger partial charge is 0.480 e. The summed E-state index contributed by atoms with van der Waals surface area (Å²) in [5, 5.41) is 12.2. The number of carboxylic acids is 1. The second-order valence-electron chi connectivity index (χ2n) is 6.70. The SMILES string of the molecule is CC(C)[C@H](NC(=O)C1CCN(S(=O)(=O)c2ccc(Cl)cc2)CC1)C(=O)O. The molecule has 0 spiro atoms. The number of carbonyl (C=O) groups excluding carboxylic acids is 1. The van der Waals surface area contributed by atoms with Crippen molar-refractivity contribution in [2.24, 2.45) is 11.8 Å². The molecule has 1 fully saturated rings. The number of nitrogens with zero attached hydrogens (tertiary/aromatic N) is 1. The molecule has 1 heterocycles. The van der Waals surface area contributed by atoms with Crippen molar-refractivity contribution in [1.82, 2.24) is 9.62 Å². The molecule has 1 aliphatic heterocycles. The number of benzene rings is 1. The van der Waals surface area contributed by atoms with Crippen LogP contribution in [0.5, 0.6) is 0 Å². The normalized spacial score (nSPS) is 17.8. The van der Waals surface area contributed by atoms with Crippen LogP contribution in [0.1, 0.15) is 26.7 Å². The fourth-order valence-corrected chi connectivity index (χ4v) is 4.49. The van der Waals surface area contributed by atoms with Crippen LogP contribution < -0.4 is 5.32 Å². The van der Waals surface area contributed by atoms with Crippen LogP contribution in [0.2, 0.25) is 5.02 Å². The first-order valence-electron chi connectivity index (χ1n) is 8.42. The third-order valence-electron chi connectivity index (χ3n) is 4.51. The zero-order valence-electron chi connectivity index (χ0n) is 14.7. The molecule has 0 bridgehead atoms. The minimum Gasteiger partial charge on any atom is -0.480 e. The van der Waals surface area contributed by atoms with Crippen LogP contribution in [0.4, 0.5) is 0 Å². The molecule has 1 saturated heterocycles. The maximum atomic E-state index is 12.6. The van der Waals surface area contributed by atoms with Crippen LogP contribution in [0.15, 0.2) is 29.2 Å². The summed E-state index contributed by atoms with van der Waals surface area (Å²) in [6, 6.07) is 5.00. The molecule has 1 aromatic carbocycles. The summed E-state index contributed by atoms with van der Waals surface area (Å²) in [7, 11) is -3.63. The van der Waals surface area contributed by atoms with Gasteiger partial charge in [0, 0.05) is 24.0 Å². The van der Waals surface area contributed by atoms with Gasteiger partial charge in [0.15, 0.2) is 0 Å². The number of carbonyl (C=O) groups is 2. The Labute approximate surface area is 158 Å². The van der Waals surface area contributed by atoms with E-state index in [1.165, 1.54) is 28.6 Å². The summed E-state index contributed by atoms with van der Waals surface area (Å²) >= 11 is 5.79. The third kappa shape index (κ3) is 4.75. The lowest BCUT2D eigenvalue weighted by Crippen LogP contribution is -2.49. The number of carboxylic acid groups (broad SMARTS) is 1. The van der Waals surface area contributed by atoms with Gasteiger partial charge in [-0.2, -0.15) is 4.31 Å². The second kappa shape index (κ2) is 8.37. The number of rotatable bonds is 6. The number of nitrogens with one attached hydrogen (secondary N) is 1. The summed E-state index contributed by atoms with van der Waals surface area (Å²) in [6.07, 6.45) is 0.701. The number of amides is 1. The standard InChI is InChI=1S/C17H23ClN2O5S/c1-11(2)15(17(22)23)19-16(21)12-7-9-20(10-8-12)26(24,25)14-5-3-13(18)4-6-14/h3-6,11-12,15H,7-10H2,1-2H3,(H,19,21)(H,22,23)/t15-/m0/s1. The summed E-state index contributed by atoms with van der Waals surface area (Å²) in [6.45, 7) is 3.87. The molecular formula is C17H23ClN2O5S. The Kier molecular flexibility index (Phi) is 6.65. The van der Waals surface area contributed by atoms with Crippen molar-refractivity contribution in [2.75, 3.05) is 13.1 Å². The fourth-order valence-electron chi connectivity index (χ4n) is 2.90. The molecule has 144 valence electrons. The highest BCUT2D eigenvalue weighted by Crippen LogP contribution is 2.25. The van der Waals surface area contributed by atoms with E-state index in [-0.39, 0.29) is 29.8 Å². The van der Waals surface area contributed by atoms with Gasteiger partial charge >= 0.3 is 5.97 Å². The highest BCUT2D eigenvalue weighted by atomic mass is 35.5. The summed E-state index contributed by atoms with van der Waals surface area (Å²) in [4.78, 5) is 23.7. The maximum absolute atomic E-state index is 12.6. The zero-order valence-corrected chi connectivity index (χ0v) is 16.3. The van der Waals surface area contributed by atoms with Crippen molar-refractivity contribution in [3.63, 3.8) is 0 Å². The van der Waals surface area contributed by atoms with Gasteiger partial charge in [-0.05, 0) is 43.0 Å². The molecule has 1 aliphatic rings. The Hall–Kier alpha value is -1.64. The first kappa shape index (κ1) is 20.7.